The zero-order valence-corrected chi connectivity index (χ0v) is 16.7. The molecule has 3 rings (SSSR count). The van der Waals surface area contributed by atoms with Crippen LogP contribution >= 0.6 is 11.3 Å². The molecule has 2 aromatic rings. The lowest BCUT2D eigenvalue weighted by Gasteiger charge is -2.28. The third-order valence-electron chi connectivity index (χ3n) is 5.16. The van der Waals surface area contributed by atoms with Gasteiger partial charge in [0, 0.05) is 11.4 Å². The first-order chi connectivity index (χ1) is 12.6. The second kappa shape index (κ2) is 8.69. The van der Waals surface area contributed by atoms with Crippen molar-refractivity contribution >= 4 is 17.2 Å². The van der Waals surface area contributed by atoms with Crippen molar-refractivity contribution in [2.45, 2.75) is 39.2 Å². The van der Waals surface area contributed by atoms with E-state index in [1.807, 2.05) is 18.2 Å². The van der Waals surface area contributed by atoms with E-state index in [1.165, 1.54) is 28.8 Å². The van der Waals surface area contributed by atoms with E-state index in [0.29, 0.717) is 6.54 Å². The van der Waals surface area contributed by atoms with Crippen molar-refractivity contribution in [3.05, 3.63) is 51.2 Å². The molecule has 1 aromatic heterocycles. The molecule has 0 aliphatic carbocycles. The minimum atomic E-state index is 0.0375. The molecule has 1 unspecified atom stereocenters. The number of aryl methyl sites for hydroxylation is 2. The fourth-order valence-corrected chi connectivity index (χ4v) is 4.63. The molecular weight excluding hydrogens is 344 g/mol. The molecule has 1 aromatic carbocycles. The van der Waals surface area contributed by atoms with Crippen molar-refractivity contribution in [2.75, 3.05) is 26.7 Å². The first kappa shape index (κ1) is 18.9. The van der Waals surface area contributed by atoms with Crippen molar-refractivity contribution in [3.63, 3.8) is 0 Å². The molecule has 1 N–H and O–H groups in total. The maximum atomic E-state index is 12.6. The van der Waals surface area contributed by atoms with E-state index in [0.717, 1.165) is 30.1 Å². The predicted molar refractivity (Wildman–Crippen MR) is 107 cm³/mol. The van der Waals surface area contributed by atoms with Crippen LogP contribution in [-0.4, -0.2) is 37.6 Å². The summed E-state index contributed by atoms with van der Waals surface area (Å²) in [6.07, 6.45) is 3.42. The topological polar surface area (TPSA) is 41.6 Å². The quantitative estimate of drug-likeness (QED) is 0.792. The number of hydrogen-bond acceptors (Lipinski definition) is 4. The van der Waals surface area contributed by atoms with E-state index in [9.17, 15) is 4.79 Å². The van der Waals surface area contributed by atoms with Gasteiger partial charge < -0.3 is 10.1 Å². The van der Waals surface area contributed by atoms with Gasteiger partial charge in [0.25, 0.3) is 5.91 Å². The van der Waals surface area contributed by atoms with Crippen molar-refractivity contribution in [3.8, 4) is 5.75 Å². The van der Waals surface area contributed by atoms with Crippen LogP contribution in [0, 0.1) is 6.92 Å². The van der Waals surface area contributed by atoms with Crippen LogP contribution in [0.4, 0.5) is 0 Å². The maximum absolute atomic E-state index is 12.6. The summed E-state index contributed by atoms with van der Waals surface area (Å²) in [6, 6.07) is 10.5. The Labute approximate surface area is 160 Å². The Balaban J connectivity index is 1.71. The average molecular weight is 373 g/mol. The summed E-state index contributed by atoms with van der Waals surface area (Å²) >= 11 is 1.59. The molecule has 0 bridgehead atoms. The summed E-state index contributed by atoms with van der Waals surface area (Å²) in [5.41, 5.74) is 2.50. The van der Waals surface area contributed by atoms with Crippen LogP contribution in [-0.2, 0) is 6.42 Å². The van der Waals surface area contributed by atoms with E-state index >= 15 is 0 Å². The molecule has 1 atom stereocenters. The summed E-state index contributed by atoms with van der Waals surface area (Å²) < 4.78 is 5.27. The number of nitrogens with one attached hydrogen (secondary N) is 1. The number of likely N-dealkylation sites (tertiary alicyclic amines) is 1. The Bertz CT molecular complexity index is 733. The molecule has 1 amide bonds. The highest BCUT2D eigenvalue weighted by molar-refractivity contribution is 7.14. The lowest BCUT2D eigenvalue weighted by molar-refractivity contribution is 0.0942. The maximum Gasteiger partial charge on any atom is 0.261 e. The highest BCUT2D eigenvalue weighted by atomic mass is 32.1. The monoisotopic (exact) mass is 372 g/mol. The SMILES string of the molecule is CCc1cc(C(=O)NCC(c2ccc(OC)cc2)N2CCCC2)sc1C. The molecule has 1 saturated heterocycles. The Hall–Kier alpha value is -1.85. The highest BCUT2D eigenvalue weighted by Gasteiger charge is 2.24. The van der Waals surface area contributed by atoms with Crippen molar-refractivity contribution in [1.29, 1.82) is 0 Å². The van der Waals surface area contributed by atoms with Gasteiger partial charge in [-0.25, -0.2) is 0 Å². The van der Waals surface area contributed by atoms with E-state index in [4.69, 9.17) is 4.74 Å². The molecule has 140 valence electrons. The van der Waals surface area contributed by atoms with Gasteiger partial charge in [-0.15, -0.1) is 11.3 Å². The summed E-state index contributed by atoms with van der Waals surface area (Å²) in [6.45, 7) is 7.02. The second-order valence-corrected chi connectivity index (χ2v) is 8.04. The Morgan fingerprint density at radius 2 is 1.96 bits per heavy atom. The van der Waals surface area contributed by atoms with E-state index in [1.54, 1.807) is 18.4 Å². The van der Waals surface area contributed by atoms with E-state index < -0.39 is 0 Å². The minimum absolute atomic E-state index is 0.0375. The molecule has 4 nitrogen and oxygen atoms in total. The molecule has 2 heterocycles. The summed E-state index contributed by atoms with van der Waals surface area (Å²) in [7, 11) is 1.68. The van der Waals surface area contributed by atoms with Gasteiger partial charge in [-0.05, 0) is 68.6 Å². The number of rotatable bonds is 7. The minimum Gasteiger partial charge on any atom is -0.497 e. The number of carbonyl (C=O) groups is 1. The number of methoxy groups -OCH3 is 1. The van der Waals surface area contributed by atoms with Crippen LogP contribution in [0.15, 0.2) is 30.3 Å². The zero-order valence-electron chi connectivity index (χ0n) is 15.9. The largest absolute Gasteiger partial charge is 0.497 e. The zero-order chi connectivity index (χ0) is 18.5. The van der Waals surface area contributed by atoms with Crippen LogP contribution in [0.3, 0.4) is 0 Å². The van der Waals surface area contributed by atoms with Crippen LogP contribution in [0.25, 0.3) is 0 Å². The van der Waals surface area contributed by atoms with E-state index in [-0.39, 0.29) is 11.9 Å². The summed E-state index contributed by atoms with van der Waals surface area (Å²) in [5.74, 6) is 0.898. The van der Waals surface area contributed by atoms with Gasteiger partial charge >= 0.3 is 0 Å². The number of thiophene rings is 1. The number of hydrogen-bond donors (Lipinski definition) is 1. The lowest BCUT2D eigenvalue weighted by Crippen LogP contribution is -2.36. The normalized spacial score (nSPS) is 15.8. The molecule has 0 saturated carbocycles. The fraction of sp³-hybridized carbons (Fsp3) is 0.476. The van der Waals surface area contributed by atoms with Crippen LogP contribution in [0.5, 0.6) is 5.75 Å². The molecule has 0 radical (unpaired) electrons. The van der Waals surface area contributed by atoms with Crippen molar-refractivity contribution in [2.24, 2.45) is 0 Å². The molecule has 26 heavy (non-hydrogen) atoms. The Morgan fingerprint density at radius 1 is 1.27 bits per heavy atom. The molecule has 5 heteroatoms. The van der Waals surface area contributed by atoms with Crippen molar-refractivity contribution in [1.82, 2.24) is 10.2 Å². The third kappa shape index (κ3) is 4.27. The Morgan fingerprint density at radius 3 is 2.54 bits per heavy atom. The van der Waals surface area contributed by atoms with Gasteiger partial charge in [-0.2, -0.15) is 0 Å². The number of benzene rings is 1. The standard InChI is InChI=1S/C21H28N2O2S/c1-4-16-13-20(26-15(16)2)21(24)22-14-19(23-11-5-6-12-23)17-7-9-18(25-3)10-8-17/h7-10,13,19H,4-6,11-12,14H2,1-3H3,(H,22,24). The highest BCUT2D eigenvalue weighted by Crippen LogP contribution is 2.27. The first-order valence-corrected chi connectivity index (χ1v) is 10.2. The van der Waals surface area contributed by atoms with Gasteiger partial charge in [0.1, 0.15) is 5.75 Å². The van der Waals surface area contributed by atoms with Crippen molar-refractivity contribution < 1.29 is 9.53 Å². The smallest absolute Gasteiger partial charge is 0.261 e. The molecule has 1 aliphatic heterocycles. The van der Waals surface area contributed by atoms with Gasteiger partial charge in [0.15, 0.2) is 0 Å². The van der Waals surface area contributed by atoms with Crippen LogP contribution in [0.2, 0.25) is 0 Å². The van der Waals surface area contributed by atoms with Gasteiger partial charge in [-0.3, -0.25) is 9.69 Å². The molecule has 1 fully saturated rings. The van der Waals surface area contributed by atoms with Crippen LogP contribution < -0.4 is 10.1 Å². The predicted octanol–water partition coefficient (Wildman–Crippen LogP) is 4.19. The number of carbonyl (C=O) groups excluding carboxylic acids is 1. The second-order valence-electron chi connectivity index (χ2n) is 6.79. The molecular formula is C21H28N2O2S. The fourth-order valence-electron chi connectivity index (χ4n) is 3.60. The summed E-state index contributed by atoms with van der Waals surface area (Å²) in [5, 5.41) is 3.17. The average Bonchev–Trinajstić information content (AvgIpc) is 3.32. The number of amides is 1. The third-order valence-corrected chi connectivity index (χ3v) is 6.25. The number of nitrogens with zero attached hydrogens (tertiary/aromatic N) is 1. The molecule has 1 aliphatic rings. The molecule has 0 spiro atoms. The van der Waals surface area contributed by atoms with E-state index in [2.05, 4.69) is 36.2 Å². The summed E-state index contributed by atoms with van der Waals surface area (Å²) in [4.78, 5) is 17.2. The van der Waals surface area contributed by atoms with Crippen LogP contribution in [0.1, 0.15) is 51.5 Å². The van der Waals surface area contributed by atoms with Gasteiger partial charge in [-0.1, -0.05) is 19.1 Å². The van der Waals surface area contributed by atoms with Gasteiger partial charge in [0.05, 0.1) is 18.0 Å². The Kier molecular flexibility index (Phi) is 6.33. The lowest BCUT2D eigenvalue weighted by atomic mass is 10.1. The van der Waals surface area contributed by atoms with Gasteiger partial charge in [0.2, 0.25) is 0 Å². The number of ether oxygens (including phenoxy) is 1. The first-order valence-electron chi connectivity index (χ1n) is 9.38.